The number of methoxy groups -OCH3 is 3. The number of aryl methyl sites for hydroxylation is 2. The molecule has 3 rings (SSSR count). The third-order valence-electron chi connectivity index (χ3n) is 4.44. The van der Waals surface area contributed by atoms with Crippen LogP contribution in [-0.2, 0) is 7.05 Å². The van der Waals surface area contributed by atoms with Crippen molar-refractivity contribution in [1.29, 1.82) is 5.26 Å². The fourth-order valence-corrected chi connectivity index (χ4v) is 3.20. The maximum absolute atomic E-state index is 9.69. The van der Waals surface area contributed by atoms with Crippen LogP contribution < -0.4 is 19.9 Å². The molecule has 0 atom stereocenters. The van der Waals surface area contributed by atoms with E-state index in [-0.39, 0.29) is 11.4 Å². The first kappa shape index (κ1) is 19.0. The molecule has 0 amide bonds. The Kier molecular flexibility index (Phi) is 5.09. The van der Waals surface area contributed by atoms with E-state index >= 15 is 0 Å². The molecule has 2 heterocycles. The molecule has 0 fully saturated rings. The summed E-state index contributed by atoms with van der Waals surface area (Å²) in [5.74, 6) is 1.53. The molecule has 0 saturated carbocycles. The molecule has 8 heteroatoms. The Morgan fingerprint density at radius 1 is 1.04 bits per heavy atom. The highest BCUT2D eigenvalue weighted by atomic mass is 16.5. The van der Waals surface area contributed by atoms with Gasteiger partial charge in [0.2, 0.25) is 5.75 Å². The van der Waals surface area contributed by atoms with Crippen molar-refractivity contribution in [2.45, 2.75) is 6.92 Å². The fraction of sp³-hybridized carbons (Fsp3) is 0.250. The zero-order chi connectivity index (χ0) is 20.4. The van der Waals surface area contributed by atoms with Crippen LogP contribution in [0.4, 0.5) is 5.82 Å². The summed E-state index contributed by atoms with van der Waals surface area (Å²) in [7, 11) is 6.44. The number of hydrogen-bond acceptors (Lipinski definition) is 7. The quantitative estimate of drug-likeness (QED) is 0.726. The van der Waals surface area contributed by atoms with Gasteiger partial charge < -0.3 is 19.9 Å². The Balaban J connectivity index is 2.33. The molecule has 0 saturated heterocycles. The van der Waals surface area contributed by atoms with Crippen molar-refractivity contribution < 1.29 is 14.2 Å². The zero-order valence-corrected chi connectivity index (χ0v) is 16.4. The lowest BCUT2D eigenvalue weighted by molar-refractivity contribution is 0.325. The molecule has 3 aromatic rings. The second kappa shape index (κ2) is 7.48. The molecule has 0 radical (unpaired) electrons. The number of nitrogen functional groups attached to an aromatic ring is 1. The summed E-state index contributed by atoms with van der Waals surface area (Å²) in [4.78, 5) is 4.41. The first-order valence-corrected chi connectivity index (χ1v) is 8.45. The Morgan fingerprint density at radius 3 is 2.29 bits per heavy atom. The molecule has 0 unspecified atom stereocenters. The van der Waals surface area contributed by atoms with Crippen molar-refractivity contribution >= 4 is 5.82 Å². The van der Waals surface area contributed by atoms with Crippen LogP contribution in [0.1, 0.15) is 11.3 Å². The minimum absolute atomic E-state index is 0.134. The van der Waals surface area contributed by atoms with Crippen LogP contribution >= 0.6 is 0 Å². The highest BCUT2D eigenvalue weighted by molar-refractivity contribution is 5.85. The number of rotatable bonds is 5. The summed E-state index contributed by atoms with van der Waals surface area (Å²) >= 11 is 0. The third-order valence-corrected chi connectivity index (χ3v) is 4.44. The number of pyridine rings is 1. The summed E-state index contributed by atoms with van der Waals surface area (Å²) in [6.45, 7) is 1.89. The highest BCUT2D eigenvalue weighted by Crippen LogP contribution is 2.46. The van der Waals surface area contributed by atoms with Crippen molar-refractivity contribution in [3.63, 3.8) is 0 Å². The smallest absolute Gasteiger partial charge is 0.203 e. The molecule has 0 aliphatic heterocycles. The predicted octanol–water partition coefficient (Wildman–Crippen LogP) is 2.94. The van der Waals surface area contributed by atoms with Crippen LogP contribution in [-0.4, -0.2) is 36.1 Å². The zero-order valence-electron chi connectivity index (χ0n) is 16.4. The van der Waals surface area contributed by atoms with Crippen LogP contribution in [0.2, 0.25) is 0 Å². The maximum Gasteiger partial charge on any atom is 0.203 e. The molecule has 0 spiro atoms. The van der Waals surface area contributed by atoms with Crippen molar-refractivity contribution in [3.05, 3.63) is 35.7 Å². The van der Waals surface area contributed by atoms with E-state index < -0.39 is 0 Å². The lowest BCUT2D eigenvalue weighted by atomic mass is 9.97. The Labute approximate surface area is 163 Å². The van der Waals surface area contributed by atoms with Gasteiger partial charge in [0.15, 0.2) is 11.5 Å². The van der Waals surface area contributed by atoms with Gasteiger partial charge in [-0.15, -0.1) is 0 Å². The van der Waals surface area contributed by atoms with Gasteiger partial charge in [0, 0.05) is 29.9 Å². The minimum Gasteiger partial charge on any atom is -0.493 e. The molecule has 0 aliphatic rings. The maximum atomic E-state index is 9.69. The Hall–Kier alpha value is -3.73. The molecule has 2 aromatic heterocycles. The number of benzene rings is 1. The summed E-state index contributed by atoms with van der Waals surface area (Å²) < 4.78 is 18.1. The van der Waals surface area contributed by atoms with Gasteiger partial charge in [0.25, 0.3) is 0 Å². The number of nitrogens with zero attached hydrogens (tertiary/aromatic N) is 4. The second-order valence-electron chi connectivity index (χ2n) is 6.11. The summed E-state index contributed by atoms with van der Waals surface area (Å²) in [5.41, 5.74) is 9.88. The van der Waals surface area contributed by atoms with Crippen molar-refractivity contribution in [2.24, 2.45) is 7.05 Å². The lowest BCUT2D eigenvalue weighted by Gasteiger charge is -2.17. The number of anilines is 1. The van der Waals surface area contributed by atoms with Crippen molar-refractivity contribution in [1.82, 2.24) is 14.8 Å². The van der Waals surface area contributed by atoms with Gasteiger partial charge in [-0.3, -0.25) is 4.68 Å². The van der Waals surface area contributed by atoms with E-state index in [4.69, 9.17) is 19.9 Å². The number of aromatic nitrogens is 3. The van der Waals surface area contributed by atoms with E-state index in [1.54, 1.807) is 23.9 Å². The standard InChI is InChI=1S/C20H21N5O3/c1-11-15(10-25(2)24-11)16-8-13(14(9-21)20(22)23-16)12-6-7-17(26-3)19(28-5)18(12)27-4/h6-8,10H,1-5H3,(H2,22,23). The van der Waals surface area contributed by atoms with Crippen molar-refractivity contribution in [2.75, 3.05) is 27.1 Å². The van der Waals surface area contributed by atoms with E-state index in [2.05, 4.69) is 16.2 Å². The summed E-state index contributed by atoms with van der Waals surface area (Å²) in [6.07, 6.45) is 1.86. The summed E-state index contributed by atoms with van der Waals surface area (Å²) in [6, 6.07) is 7.51. The highest BCUT2D eigenvalue weighted by Gasteiger charge is 2.22. The SMILES string of the molecule is COc1ccc(-c2cc(-c3cn(C)nc3C)nc(N)c2C#N)c(OC)c1OC. The predicted molar refractivity (Wildman–Crippen MR) is 105 cm³/mol. The van der Waals surface area contributed by atoms with Gasteiger partial charge in [-0.05, 0) is 25.1 Å². The first-order chi connectivity index (χ1) is 13.4. The van der Waals surface area contributed by atoms with E-state index in [0.29, 0.717) is 34.1 Å². The van der Waals surface area contributed by atoms with Crippen LogP contribution in [0.3, 0.4) is 0 Å². The van der Waals surface area contributed by atoms with Crippen LogP contribution in [0.15, 0.2) is 24.4 Å². The van der Waals surface area contributed by atoms with Gasteiger partial charge in [-0.2, -0.15) is 10.4 Å². The van der Waals surface area contributed by atoms with E-state index in [1.165, 1.54) is 14.2 Å². The lowest BCUT2D eigenvalue weighted by Crippen LogP contribution is -2.02. The average Bonchev–Trinajstić information content (AvgIpc) is 3.03. The Bertz CT molecular complexity index is 1080. The monoisotopic (exact) mass is 379 g/mol. The van der Waals surface area contributed by atoms with Crippen LogP contribution in [0.25, 0.3) is 22.4 Å². The minimum atomic E-state index is 0.134. The van der Waals surface area contributed by atoms with Gasteiger partial charge in [0.05, 0.1) is 32.7 Å². The summed E-state index contributed by atoms with van der Waals surface area (Å²) in [5, 5.41) is 14.0. The number of ether oxygens (including phenoxy) is 3. The van der Waals surface area contributed by atoms with Crippen LogP contribution in [0.5, 0.6) is 17.2 Å². The van der Waals surface area contributed by atoms with Gasteiger partial charge >= 0.3 is 0 Å². The number of nitrogens with two attached hydrogens (primary N) is 1. The van der Waals surface area contributed by atoms with Gasteiger partial charge in [0.1, 0.15) is 17.5 Å². The molecule has 144 valence electrons. The van der Waals surface area contributed by atoms with Crippen LogP contribution in [0, 0.1) is 18.3 Å². The molecule has 28 heavy (non-hydrogen) atoms. The second-order valence-corrected chi connectivity index (χ2v) is 6.11. The molecule has 0 aliphatic carbocycles. The molecule has 0 bridgehead atoms. The molecular formula is C20H21N5O3. The number of nitriles is 1. The number of hydrogen-bond donors (Lipinski definition) is 1. The van der Waals surface area contributed by atoms with Gasteiger partial charge in [-0.25, -0.2) is 4.98 Å². The first-order valence-electron chi connectivity index (χ1n) is 8.45. The molecule has 1 aromatic carbocycles. The average molecular weight is 379 g/mol. The third kappa shape index (κ3) is 3.07. The van der Waals surface area contributed by atoms with Gasteiger partial charge in [-0.1, -0.05) is 0 Å². The molecule has 8 nitrogen and oxygen atoms in total. The largest absolute Gasteiger partial charge is 0.493 e. The Morgan fingerprint density at radius 2 is 1.75 bits per heavy atom. The van der Waals surface area contributed by atoms with Crippen molar-refractivity contribution in [3.8, 4) is 45.7 Å². The fourth-order valence-electron chi connectivity index (χ4n) is 3.20. The topological polar surface area (TPSA) is 108 Å². The van der Waals surface area contributed by atoms with E-state index in [9.17, 15) is 5.26 Å². The van der Waals surface area contributed by atoms with E-state index in [1.807, 2.05) is 26.2 Å². The van der Waals surface area contributed by atoms with E-state index in [0.717, 1.165) is 11.3 Å². The normalized spacial score (nSPS) is 10.4. The molecular weight excluding hydrogens is 358 g/mol. The molecule has 2 N–H and O–H groups in total.